The average molecular weight is 319 g/mol. The van der Waals surface area contributed by atoms with Gasteiger partial charge in [0, 0.05) is 0 Å². The molecule has 0 aliphatic carbocycles. The Morgan fingerprint density at radius 1 is 1.17 bits per heavy atom. The summed E-state index contributed by atoms with van der Waals surface area (Å²) < 4.78 is 22.2. The molecule has 0 aliphatic rings. The first kappa shape index (κ1) is 15.3. The van der Waals surface area contributed by atoms with E-state index in [1.54, 1.807) is 21.3 Å². The van der Waals surface area contributed by atoms with Gasteiger partial charge in [-0.3, -0.25) is 0 Å². The van der Waals surface area contributed by atoms with E-state index in [4.69, 9.17) is 18.9 Å². The number of benzene rings is 1. The monoisotopic (exact) mass is 320 g/mol. The normalized spacial score (nSPS) is 12.2. The summed E-state index contributed by atoms with van der Waals surface area (Å²) in [5, 5.41) is 0.989. The number of hydrogen-bond acceptors (Lipinski definition) is 4. The van der Waals surface area contributed by atoms with Crippen molar-refractivity contribution in [2.45, 2.75) is 18.5 Å². The molecule has 4 nitrogen and oxygen atoms in total. The second kappa shape index (κ2) is 8.38. The standard InChI is InChI=1S/C13H20O4Se/c1-10(14-2)17-7-8-18-13-6-5-11(15-3)9-12(13)16-4/h5-6,9-10H,7-8H2,1-4H3. The van der Waals surface area contributed by atoms with Gasteiger partial charge >= 0.3 is 115 Å². The molecule has 18 heavy (non-hydrogen) atoms. The SMILES string of the molecule is COc1ccc([Se]CCOC(C)OC)c(OC)c1. The van der Waals surface area contributed by atoms with Gasteiger partial charge in [0.25, 0.3) is 0 Å². The van der Waals surface area contributed by atoms with E-state index in [0.29, 0.717) is 21.6 Å². The fourth-order valence-corrected chi connectivity index (χ4v) is 3.11. The fourth-order valence-electron chi connectivity index (χ4n) is 1.33. The van der Waals surface area contributed by atoms with Crippen molar-refractivity contribution < 1.29 is 18.9 Å². The average Bonchev–Trinajstić information content (AvgIpc) is 2.43. The minimum atomic E-state index is -0.140. The van der Waals surface area contributed by atoms with Crippen LogP contribution in [0.2, 0.25) is 5.32 Å². The molecule has 0 saturated carbocycles. The molecule has 0 bridgehead atoms. The van der Waals surface area contributed by atoms with Crippen molar-refractivity contribution in [2.24, 2.45) is 0 Å². The second-order valence-electron chi connectivity index (χ2n) is 3.54. The fraction of sp³-hybridized carbons (Fsp3) is 0.538. The summed E-state index contributed by atoms with van der Waals surface area (Å²) in [5.74, 6) is 1.70. The van der Waals surface area contributed by atoms with Crippen LogP contribution in [0.15, 0.2) is 18.2 Å². The summed E-state index contributed by atoms with van der Waals surface area (Å²) in [6.45, 7) is 2.59. The Hall–Kier alpha value is -0.741. The summed E-state index contributed by atoms with van der Waals surface area (Å²) in [6.07, 6.45) is -0.140. The van der Waals surface area contributed by atoms with Gasteiger partial charge in [-0.15, -0.1) is 0 Å². The summed E-state index contributed by atoms with van der Waals surface area (Å²) >= 11 is 0.324. The Morgan fingerprint density at radius 3 is 2.56 bits per heavy atom. The molecule has 1 aromatic rings. The maximum absolute atomic E-state index is 5.46. The summed E-state index contributed by atoms with van der Waals surface area (Å²) in [4.78, 5) is 0. The molecular weight excluding hydrogens is 299 g/mol. The van der Waals surface area contributed by atoms with Gasteiger partial charge in [0.15, 0.2) is 0 Å². The van der Waals surface area contributed by atoms with E-state index in [9.17, 15) is 0 Å². The van der Waals surface area contributed by atoms with Crippen LogP contribution >= 0.6 is 0 Å². The quantitative estimate of drug-likeness (QED) is 0.413. The summed E-state index contributed by atoms with van der Waals surface area (Å²) in [5.41, 5.74) is 0. The molecule has 0 radical (unpaired) electrons. The van der Waals surface area contributed by atoms with Crippen LogP contribution in [-0.4, -0.2) is 49.2 Å². The molecule has 0 spiro atoms. The van der Waals surface area contributed by atoms with Crippen molar-refractivity contribution in [1.82, 2.24) is 0 Å². The predicted molar refractivity (Wildman–Crippen MR) is 72.2 cm³/mol. The molecule has 0 fully saturated rings. The van der Waals surface area contributed by atoms with Gasteiger partial charge in [-0.1, -0.05) is 0 Å². The van der Waals surface area contributed by atoms with Crippen molar-refractivity contribution in [2.75, 3.05) is 27.9 Å². The summed E-state index contributed by atoms with van der Waals surface area (Å²) in [7, 11) is 4.97. The number of ether oxygens (including phenoxy) is 4. The Morgan fingerprint density at radius 2 is 1.94 bits per heavy atom. The van der Waals surface area contributed by atoms with Gasteiger partial charge in [0.2, 0.25) is 0 Å². The first-order chi connectivity index (χ1) is 8.71. The van der Waals surface area contributed by atoms with Crippen molar-refractivity contribution >= 4 is 19.4 Å². The molecule has 0 N–H and O–H groups in total. The van der Waals surface area contributed by atoms with Gasteiger partial charge < -0.3 is 0 Å². The molecular formula is C13H20O4Se. The van der Waals surface area contributed by atoms with E-state index < -0.39 is 0 Å². The van der Waals surface area contributed by atoms with Crippen molar-refractivity contribution in [3.63, 3.8) is 0 Å². The van der Waals surface area contributed by atoms with Crippen LogP contribution in [0.5, 0.6) is 11.5 Å². The van der Waals surface area contributed by atoms with Crippen LogP contribution in [0, 0.1) is 0 Å². The van der Waals surface area contributed by atoms with Crippen LogP contribution in [0.4, 0.5) is 0 Å². The van der Waals surface area contributed by atoms with Crippen LogP contribution in [0.3, 0.4) is 0 Å². The molecule has 0 aromatic heterocycles. The molecule has 1 unspecified atom stereocenters. The van der Waals surface area contributed by atoms with Gasteiger partial charge in [0.1, 0.15) is 0 Å². The van der Waals surface area contributed by atoms with Crippen LogP contribution in [0.1, 0.15) is 6.92 Å². The predicted octanol–water partition coefficient (Wildman–Crippen LogP) is 1.46. The van der Waals surface area contributed by atoms with E-state index in [0.717, 1.165) is 16.8 Å². The molecule has 0 saturated heterocycles. The zero-order valence-electron chi connectivity index (χ0n) is 11.3. The zero-order chi connectivity index (χ0) is 13.4. The Labute approximate surface area is 115 Å². The third-order valence-electron chi connectivity index (χ3n) is 2.40. The van der Waals surface area contributed by atoms with Crippen LogP contribution in [0.25, 0.3) is 0 Å². The molecule has 0 aliphatic heterocycles. The Kier molecular flexibility index (Phi) is 7.13. The van der Waals surface area contributed by atoms with Crippen molar-refractivity contribution in [1.29, 1.82) is 0 Å². The zero-order valence-corrected chi connectivity index (χ0v) is 13.0. The number of methoxy groups -OCH3 is 3. The molecule has 1 aromatic carbocycles. The van der Waals surface area contributed by atoms with Gasteiger partial charge in [-0.2, -0.15) is 0 Å². The van der Waals surface area contributed by atoms with Crippen LogP contribution < -0.4 is 13.9 Å². The number of hydrogen-bond donors (Lipinski definition) is 0. The first-order valence-electron chi connectivity index (χ1n) is 5.70. The van der Waals surface area contributed by atoms with E-state index in [1.165, 1.54) is 4.46 Å². The molecule has 1 atom stereocenters. The van der Waals surface area contributed by atoms with Crippen LogP contribution in [-0.2, 0) is 9.47 Å². The first-order valence-corrected chi connectivity index (χ1v) is 7.77. The van der Waals surface area contributed by atoms with E-state index in [2.05, 4.69) is 6.07 Å². The van der Waals surface area contributed by atoms with Crippen molar-refractivity contribution in [3.05, 3.63) is 18.2 Å². The molecule has 0 amide bonds. The minimum absolute atomic E-state index is 0.140. The molecule has 5 heteroatoms. The van der Waals surface area contributed by atoms with Crippen molar-refractivity contribution in [3.8, 4) is 11.5 Å². The van der Waals surface area contributed by atoms with E-state index >= 15 is 0 Å². The van der Waals surface area contributed by atoms with Gasteiger partial charge in [-0.25, -0.2) is 0 Å². The third-order valence-corrected chi connectivity index (χ3v) is 4.53. The Balaban J connectivity index is 2.46. The summed E-state index contributed by atoms with van der Waals surface area (Å²) in [6, 6.07) is 5.92. The van der Waals surface area contributed by atoms with E-state index in [-0.39, 0.29) is 6.29 Å². The topological polar surface area (TPSA) is 36.9 Å². The van der Waals surface area contributed by atoms with Gasteiger partial charge in [-0.05, 0) is 0 Å². The molecule has 0 heterocycles. The molecule has 1 rings (SSSR count). The second-order valence-corrected chi connectivity index (χ2v) is 5.92. The number of rotatable bonds is 8. The maximum atomic E-state index is 5.46. The molecule has 102 valence electrons. The Bertz CT molecular complexity index is 357. The van der Waals surface area contributed by atoms with Gasteiger partial charge in [0.05, 0.1) is 0 Å². The van der Waals surface area contributed by atoms with E-state index in [1.807, 2.05) is 19.1 Å². The third kappa shape index (κ3) is 4.86.